The van der Waals surface area contributed by atoms with E-state index in [0.717, 1.165) is 25.4 Å². The minimum Gasteiger partial charge on any atom is -0.381 e. The summed E-state index contributed by atoms with van der Waals surface area (Å²) in [6.07, 6.45) is 2.64. The van der Waals surface area contributed by atoms with Gasteiger partial charge in [0.25, 0.3) is 5.56 Å². The molecule has 1 aromatic heterocycles. The maximum absolute atomic E-state index is 11.1. The van der Waals surface area contributed by atoms with Gasteiger partial charge in [-0.1, -0.05) is 11.8 Å². The molecule has 17 heavy (non-hydrogen) atoms. The van der Waals surface area contributed by atoms with E-state index in [0.29, 0.717) is 17.1 Å². The zero-order chi connectivity index (χ0) is 12.1. The van der Waals surface area contributed by atoms with Crippen LogP contribution in [0.3, 0.4) is 0 Å². The van der Waals surface area contributed by atoms with Crippen LogP contribution in [0.2, 0.25) is 0 Å². The lowest BCUT2D eigenvalue weighted by Crippen LogP contribution is -2.36. The molecule has 1 fully saturated rings. The molecule has 5 nitrogen and oxygen atoms in total. The molecule has 1 aliphatic rings. The van der Waals surface area contributed by atoms with E-state index in [4.69, 9.17) is 4.74 Å². The summed E-state index contributed by atoms with van der Waals surface area (Å²) in [5, 5.41) is 3.99. The fourth-order valence-corrected chi connectivity index (χ4v) is 3.00. The van der Waals surface area contributed by atoms with Crippen molar-refractivity contribution in [2.45, 2.75) is 17.6 Å². The zero-order valence-electron chi connectivity index (χ0n) is 9.81. The Morgan fingerprint density at radius 2 is 2.65 bits per heavy atom. The summed E-state index contributed by atoms with van der Waals surface area (Å²) < 4.78 is 5.39. The van der Waals surface area contributed by atoms with Gasteiger partial charge >= 0.3 is 0 Å². The third-order valence-electron chi connectivity index (χ3n) is 2.95. The molecule has 0 spiro atoms. The first-order valence-corrected chi connectivity index (χ1v) is 6.71. The van der Waals surface area contributed by atoms with Crippen molar-refractivity contribution in [3.63, 3.8) is 0 Å². The summed E-state index contributed by atoms with van der Waals surface area (Å²) in [7, 11) is 1.96. The van der Waals surface area contributed by atoms with Gasteiger partial charge in [0.15, 0.2) is 5.16 Å². The Bertz CT molecular complexity index is 404. The van der Waals surface area contributed by atoms with Gasteiger partial charge < -0.3 is 15.0 Å². The number of nitrogens with zero attached hydrogens (tertiary/aromatic N) is 1. The molecule has 2 heterocycles. The van der Waals surface area contributed by atoms with Gasteiger partial charge in [-0.25, -0.2) is 4.98 Å². The summed E-state index contributed by atoms with van der Waals surface area (Å²) >= 11 is 1.57. The highest BCUT2D eigenvalue weighted by Gasteiger charge is 2.24. The van der Waals surface area contributed by atoms with Crippen LogP contribution >= 0.6 is 11.8 Å². The lowest BCUT2D eigenvalue weighted by Gasteiger charge is -2.20. The van der Waals surface area contributed by atoms with Crippen LogP contribution in [0, 0.1) is 5.92 Å². The molecule has 1 aliphatic heterocycles. The zero-order valence-corrected chi connectivity index (χ0v) is 10.6. The predicted octanol–water partition coefficient (Wildman–Crippen LogP) is 0.486. The van der Waals surface area contributed by atoms with Crippen molar-refractivity contribution in [1.29, 1.82) is 0 Å². The van der Waals surface area contributed by atoms with Crippen molar-refractivity contribution in [3.05, 3.63) is 22.6 Å². The van der Waals surface area contributed by atoms with Gasteiger partial charge in [-0.3, -0.25) is 4.79 Å². The molecule has 1 saturated heterocycles. The van der Waals surface area contributed by atoms with E-state index in [1.54, 1.807) is 11.8 Å². The molecule has 2 rings (SSSR count). The third kappa shape index (κ3) is 3.55. The number of H-pyrrole nitrogens is 1. The molecule has 6 heteroatoms. The highest BCUT2D eigenvalue weighted by molar-refractivity contribution is 7.99. The highest BCUT2D eigenvalue weighted by atomic mass is 32.2. The molecule has 0 bridgehead atoms. The van der Waals surface area contributed by atoms with Gasteiger partial charge in [0.05, 0.1) is 6.61 Å². The van der Waals surface area contributed by atoms with Crippen LogP contribution in [0.4, 0.5) is 0 Å². The van der Waals surface area contributed by atoms with Crippen LogP contribution in [0.15, 0.2) is 22.2 Å². The summed E-state index contributed by atoms with van der Waals surface area (Å²) in [4.78, 5) is 18.0. The van der Waals surface area contributed by atoms with Gasteiger partial charge in [-0.15, -0.1) is 0 Å². The molecule has 0 aromatic carbocycles. The van der Waals surface area contributed by atoms with Crippen molar-refractivity contribution in [2.24, 2.45) is 5.92 Å². The fraction of sp³-hybridized carbons (Fsp3) is 0.636. The number of aromatic nitrogens is 2. The molecule has 2 N–H and O–H groups in total. The fourth-order valence-electron chi connectivity index (χ4n) is 1.92. The minimum atomic E-state index is -0.104. The average Bonchev–Trinajstić information content (AvgIpc) is 2.84. The summed E-state index contributed by atoms with van der Waals surface area (Å²) in [5.74, 6) is 1.44. The van der Waals surface area contributed by atoms with E-state index in [9.17, 15) is 4.79 Å². The van der Waals surface area contributed by atoms with Gasteiger partial charge in [0.1, 0.15) is 0 Å². The van der Waals surface area contributed by atoms with Crippen molar-refractivity contribution in [2.75, 3.05) is 26.0 Å². The molecular weight excluding hydrogens is 238 g/mol. The standard InChI is InChI=1S/C11H17N3O2S/c1-12-9(8-3-5-16-6-8)7-17-11-13-4-2-10(15)14-11/h2,4,8-9,12H,3,5-7H2,1H3,(H,13,14,15). The molecule has 0 amide bonds. The Hall–Kier alpha value is -0.850. The molecular formula is C11H17N3O2S. The normalized spacial score (nSPS) is 21.6. The Morgan fingerprint density at radius 3 is 3.29 bits per heavy atom. The van der Waals surface area contributed by atoms with E-state index in [1.165, 1.54) is 12.3 Å². The highest BCUT2D eigenvalue weighted by Crippen LogP contribution is 2.21. The van der Waals surface area contributed by atoms with Crippen LogP contribution in [-0.4, -0.2) is 42.0 Å². The number of rotatable bonds is 5. The van der Waals surface area contributed by atoms with Crippen LogP contribution in [0.1, 0.15) is 6.42 Å². The van der Waals surface area contributed by atoms with E-state index >= 15 is 0 Å². The Morgan fingerprint density at radius 1 is 1.76 bits per heavy atom. The number of hydrogen-bond acceptors (Lipinski definition) is 5. The third-order valence-corrected chi connectivity index (χ3v) is 3.96. The molecule has 0 saturated carbocycles. The van der Waals surface area contributed by atoms with E-state index in [-0.39, 0.29) is 5.56 Å². The quantitative estimate of drug-likeness (QED) is 0.592. The first-order valence-electron chi connectivity index (χ1n) is 5.72. The molecule has 0 radical (unpaired) electrons. The van der Waals surface area contributed by atoms with E-state index in [1.807, 2.05) is 7.05 Å². The van der Waals surface area contributed by atoms with E-state index < -0.39 is 0 Å². The number of nitrogens with one attached hydrogen (secondary N) is 2. The second-order valence-electron chi connectivity index (χ2n) is 4.07. The Labute approximate surface area is 104 Å². The van der Waals surface area contributed by atoms with Crippen molar-refractivity contribution in [3.8, 4) is 0 Å². The first-order chi connectivity index (χ1) is 8.29. The summed E-state index contributed by atoms with van der Waals surface area (Å²) in [6.45, 7) is 1.68. The Balaban J connectivity index is 1.89. The molecule has 2 unspecified atom stereocenters. The van der Waals surface area contributed by atoms with Gasteiger partial charge in [0.2, 0.25) is 0 Å². The topological polar surface area (TPSA) is 67.0 Å². The monoisotopic (exact) mass is 255 g/mol. The number of hydrogen-bond donors (Lipinski definition) is 2. The first kappa shape index (κ1) is 12.6. The predicted molar refractivity (Wildman–Crippen MR) is 67.4 cm³/mol. The largest absolute Gasteiger partial charge is 0.381 e. The number of ether oxygens (including phenoxy) is 1. The van der Waals surface area contributed by atoms with Crippen LogP contribution < -0.4 is 10.9 Å². The van der Waals surface area contributed by atoms with Crippen LogP contribution in [-0.2, 0) is 4.74 Å². The maximum Gasteiger partial charge on any atom is 0.251 e. The van der Waals surface area contributed by atoms with Crippen LogP contribution in [0.5, 0.6) is 0 Å². The van der Waals surface area contributed by atoms with Crippen LogP contribution in [0.25, 0.3) is 0 Å². The lowest BCUT2D eigenvalue weighted by atomic mass is 10.0. The van der Waals surface area contributed by atoms with Crippen molar-refractivity contribution >= 4 is 11.8 Å². The minimum absolute atomic E-state index is 0.104. The summed E-state index contributed by atoms with van der Waals surface area (Å²) in [6, 6.07) is 1.82. The van der Waals surface area contributed by atoms with Crippen molar-refractivity contribution in [1.82, 2.24) is 15.3 Å². The smallest absolute Gasteiger partial charge is 0.251 e. The van der Waals surface area contributed by atoms with Crippen molar-refractivity contribution < 1.29 is 4.74 Å². The number of aromatic amines is 1. The second kappa shape index (κ2) is 6.18. The SMILES string of the molecule is CNC(CSc1nccc(=O)[nH]1)C1CCOC1. The van der Waals surface area contributed by atoms with Gasteiger partial charge in [-0.05, 0) is 13.5 Å². The molecule has 2 atom stereocenters. The maximum atomic E-state index is 11.1. The second-order valence-corrected chi connectivity index (χ2v) is 5.08. The summed E-state index contributed by atoms with van der Waals surface area (Å²) in [5.41, 5.74) is -0.104. The number of thioether (sulfide) groups is 1. The molecule has 1 aromatic rings. The van der Waals surface area contributed by atoms with Gasteiger partial charge in [0, 0.05) is 36.6 Å². The molecule has 0 aliphatic carbocycles. The van der Waals surface area contributed by atoms with Gasteiger partial charge in [-0.2, -0.15) is 0 Å². The van der Waals surface area contributed by atoms with E-state index in [2.05, 4.69) is 15.3 Å². The Kier molecular flexibility index (Phi) is 4.58. The lowest BCUT2D eigenvalue weighted by molar-refractivity contribution is 0.179. The molecule has 94 valence electrons. The average molecular weight is 255 g/mol.